The highest BCUT2D eigenvalue weighted by Gasteiger charge is 2.26. The molecule has 0 atom stereocenters. The van der Waals surface area contributed by atoms with Crippen LogP contribution in [0.25, 0.3) is 0 Å². The Hall–Kier alpha value is -0.480. The fourth-order valence-corrected chi connectivity index (χ4v) is 2.63. The summed E-state index contributed by atoms with van der Waals surface area (Å²) in [6.07, 6.45) is 1.09. The number of halogens is 2. The summed E-state index contributed by atoms with van der Waals surface area (Å²) >= 11 is 6.82. The largest absolute Gasteiger partial charge is 0.299 e. The van der Waals surface area contributed by atoms with E-state index >= 15 is 0 Å². The van der Waals surface area contributed by atoms with Crippen LogP contribution in [-0.2, 0) is 9.59 Å². The third-order valence-corrected chi connectivity index (χ3v) is 4.64. The quantitative estimate of drug-likeness (QED) is 0.728. The van der Waals surface area contributed by atoms with Gasteiger partial charge in [-0.15, -0.1) is 0 Å². The highest BCUT2D eigenvalue weighted by Crippen LogP contribution is 2.33. The minimum atomic E-state index is 0.0538. The SMILES string of the molecule is O=C1CC(=O)CC(c2ccc(Br)c(Br)c2)C1. The molecule has 0 aromatic heterocycles. The lowest BCUT2D eigenvalue weighted by Gasteiger charge is -2.20. The standard InChI is InChI=1S/C12H10Br2O2/c13-11-2-1-7(5-12(11)14)8-3-9(15)6-10(16)4-8/h1-2,5,8H,3-4,6H2. The van der Waals surface area contributed by atoms with Gasteiger partial charge in [0.2, 0.25) is 0 Å². The van der Waals surface area contributed by atoms with Crippen molar-refractivity contribution < 1.29 is 9.59 Å². The molecule has 2 nitrogen and oxygen atoms in total. The third kappa shape index (κ3) is 2.61. The highest BCUT2D eigenvalue weighted by molar-refractivity contribution is 9.13. The van der Waals surface area contributed by atoms with Crippen molar-refractivity contribution >= 4 is 43.4 Å². The molecule has 1 aliphatic rings. The minimum Gasteiger partial charge on any atom is -0.299 e. The zero-order valence-corrected chi connectivity index (χ0v) is 11.7. The molecule has 0 bridgehead atoms. The summed E-state index contributed by atoms with van der Waals surface area (Å²) in [6.45, 7) is 0. The molecular formula is C12H10Br2O2. The van der Waals surface area contributed by atoms with Crippen LogP contribution in [0, 0.1) is 0 Å². The van der Waals surface area contributed by atoms with Gasteiger partial charge in [-0.25, -0.2) is 0 Å². The van der Waals surface area contributed by atoms with Crippen LogP contribution in [0.1, 0.15) is 30.7 Å². The second-order valence-electron chi connectivity index (χ2n) is 4.03. The molecular weight excluding hydrogens is 336 g/mol. The van der Waals surface area contributed by atoms with Crippen LogP contribution in [0.3, 0.4) is 0 Å². The van der Waals surface area contributed by atoms with Crippen LogP contribution in [0.5, 0.6) is 0 Å². The number of benzene rings is 1. The van der Waals surface area contributed by atoms with Gasteiger partial charge in [-0.1, -0.05) is 6.07 Å². The molecule has 0 aliphatic heterocycles. The van der Waals surface area contributed by atoms with Crippen molar-refractivity contribution in [1.29, 1.82) is 0 Å². The number of hydrogen-bond acceptors (Lipinski definition) is 2. The van der Waals surface area contributed by atoms with Gasteiger partial charge < -0.3 is 0 Å². The van der Waals surface area contributed by atoms with Crippen LogP contribution >= 0.6 is 31.9 Å². The van der Waals surface area contributed by atoms with Crippen LogP contribution in [0.2, 0.25) is 0 Å². The smallest absolute Gasteiger partial charge is 0.140 e. The molecule has 1 aromatic carbocycles. The predicted molar refractivity (Wildman–Crippen MR) is 68.4 cm³/mol. The Balaban J connectivity index is 2.26. The maximum atomic E-state index is 11.4. The van der Waals surface area contributed by atoms with Crippen molar-refractivity contribution in [1.82, 2.24) is 0 Å². The Kier molecular flexibility index (Phi) is 3.60. The molecule has 0 radical (unpaired) electrons. The lowest BCUT2D eigenvalue weighted by molar-refractivity contribution is -0.130. The summed E-state index contributed by atoms with van der Waals surface area (Å²) in [5.41, 5.74) is 1.05. The molecule has 16 heavy (non-hydrogen) atoms. The van der Waals surface area contributed by atoms with Crippen molar-refractivity contribution in [3.05, 3.63) is 32.7 Å². The van der Waals surface area contributed by atoms with Gasteiger partial charge >= 0.3 is 0 Å². The van der Waals surface area contributed by atoms with Gasteiger partial charge in [-0.2, -0.15) is 0 Å². The van der Waals surface area contributed by atoms with E-state index in [1.807, 2.05) is 18.2 Å². The molecule has 84 valence electrons. The van der Waals surface area contributed by atoms with Crippen molar-refractivity contribution in [3.8, 4) is 0 Å². The zero-order valence-electron chi connectivity index (χ0n) is 8.50. The van der Waals surface area contributed by atoms with Crippen LogP contribution in [0.15, 0.2) is 27.1 Å². The Bertz CT molecular complexity index is 438. The fraction of sp³-hybridized carbons (Fsp3) is 0.333. The van der Waals surface area contributed by atoms with Gasteiger partial charge in [-0.05, 0) is 55.5 Å². The number of ketones is 2. The second-order valence-corrected chi connectivity index (χ2v) is 5.74. The van der Waals surface area contributed by atoms with Gasteiger partial charge in [0, 0.05) is 21.8 Å². The number of carbonyl (C=O) groups is 2. The first-order valence-corrected chi connectivity index (χ1v) is 6.63. The predicted octanol–water partition coefficient (Wildman–Crippen LogP) is 3.62. The van der Waals surface area contributed by atoms with Gasteiger partial charge in [0.15, 0.2) is 0 Å². The summed E-state index contributed by atoms with van der Waals surface area (Å²) < 4.78 is 1.93. The summed E-state index contributed by atoms with van der Waals surface area (Å²) in [7, 11) is 0. The third-order valence-electron chi connectivity index (χ3n) is 2.76. The lowest BCUT2D eigenvalue weighted by atomic mass is 9.83. The van der Waals surface area contributed by atoms with Crippen LogP contribution < -0.4 is 0 Å². The zero-order chi connectivity index (χ0) is 11.7. The first-order chi connectivity index (χ1) is 7.56. The lowest BCUT2D eigenvalue weighted by Crippen LogP contribution is -2.21. The Morgan fingerprint density at radius 2 is 1.62 bits per heavy atom. The number of carbonyl (C=O) groups excluding carboxylic acids is 2. The minimum absolute atomic E-state index is 0.0538. The fourth-order valence-electron chi connectivity index (χ4n) is 1.99. The van der Waals surface area contributed by atoms with Crippen molar-refractivity contribution in [2.24, 2.45) is 0 Å². The van der Waals surface area contributed by atoms with Crippen LogP contribution in [-0.4, -0.2) is 11.6 Å². The summed E-state index contributed by atoms with van der Waals surface area (Å²) in [4.78, 5) is 22.7. The maximum Gasteiger partial charge on any atom is 0.140 e. The van der Waals surface area contributed by atoms with Gasteiger partial charge in [0.05, 0.1) is 6.42 Å². The van der Waals surface area contributed by atoms with E-state index in [-0.39, 0.29) is 23.9 Å². The molecule has 0 saturated heterocycles. The summed E-state index contributed by atoms with van der Waals surface area (Å²) in [5.74, 6) is 0.165. The van der Waals surface area contributed by atoms with Gasteiger partial charge in [0.25, 0.3) is 0 Å². The number of hydrogen-bond donors (Lipinski definition) is 0. The summed E-state index contributed by atoms with van der Waals surface area (Å²) in [6, 6.07) is 5.87. The first kappa shape index (κ1) is 12.0. The topological polar surface area (TPSA) is 34.1 Å². The maximum absolute atomic E-state index is 11.4. The summed E-state index contributed by atoms with van der Waals surface area (Å²) in [5, 5.41) is 0. The molecule has 1 aromatic rings. The molecule has 4 heteroatoms. The Labute approximate surface area is 111 Å². The highest BCUT2D eigenvalue weighted by atomic mass is 79.9. The second kappa shape index (κ2) is 4.80. The molecule has 0 spiro atoms. The van der Waals surface area contributed by atoms with Gasteiger partial charge in [-0.3, -0.25) is 9.59 Å². The molecule has 1 fully saturated rings. The van der Waals surface area contributed by atoms with Crippen molar-refractivity contribution in [3.63, 3.8) is 0 Å². The number of Topliss-reactive ketones (excluding diaryl/α,β-unsaturated/α-hetero) is 2. The molecule has 1 saturated carbocycles. The molecule has 0 unspecified atom stereocenters. The Morgan fingerprint density at radius 3 is 2.19 bits per heavy atom. The van der Waals surface area contributed by atoms with E-state index in [1.54, 1.807) is 0 Å². The molecule has 0 amide bonds. The molecule has 1 aliphatic carbocycles. The van der Waals surface area contributed by atoms with E-state index in [0.717, 1.165) is 14.5 Å². The van der Waals surface area contributed by atoms with E-state index in [2.05, 4.69) is 31.9 Å². The average molecular weight is 346 g/mol. The van der Waals surface area contributed by atoms with E-state index in [4.69, 9.17) is 0 Å². The van der Waals surface area contributed by atoms with E-state index in [0.29, 0.717) is 12.8 Å². The van der Waals surface area contributed by atoms with E-state index < -0.39 is 0 Å². The van der Waals surface area contributed by atoms with Crippen LogP contribution in [0.4, 0.5) is 0 Å². The first-order valence-electron chi connectivity index (χ1n) is 5.04. The molecule has 0 heterocycles. The normalized spacial score (nSPS) is 17.9. The molecule has 0 N–H and O–H groups in total. The average Bonchev–Trinajstić information content (AvgIpc) is 2.20. The number of rotatable bonds is 1. The Morgan fingerprint density at radius 1 is 1.00 bits per heavy atom. The monoisotopic (exact) mass is 344 g/mol. The van der Waals surface area contributed by atoms with E-state index in [1.165, 1.54) is 0 Å². The van der Waals surface area contributed by atoms with E-state index in [9.17, 15) is 9.59 Å². The van der Waals surface area contributed by atoms with Crippen molar-refractivity contribution in [2.75, 3.05) is 0 Å². The molecule has 2 rings (SSSR count). The van der Waals surface area contributed by atoms with Crippen molar-refractivity contribution in [2.45, 2.75) is 25.2 Å². The van der Waals surface area contributed by atoms with Gasteiger partial charge in [0.1, 0.15) is 11.6 Å².